The van der Waals surface area contributed by atoms with Crippen LogP contribution in [0.15, 0.2) is 6.20 Å². The first-order chi connectivity index (χ1) is 7.38. The van der Waals surface area contributed by atoms with Crippen molar-refractivity contribution in [2.45, 2.75) is 12.2 Å². The number of carbonyl (C=O) groups excluding carboxylic acids is 1. The Labute approximate surface area is 88.2 Å². The lowest BCUT2D eigenvalue weighted by Crippen LogP contribution is -2.21. The zero-order valence-electron chi connectivity index (χ0n) is 8.21. The van der Waals surface area contributed by atoms with E-state index in [-0.39, 0.29) is 12.2 Å². The van der Waals surface area contributed by atoms with Crippen molar-refractivity contribution in [1.29, 1.82) is 0 Å². The van der Waals surface area contributed by atoms with E-state index >= 15 is 0 Å². The highest BCUT2D eigenvalue weighted by Gasteiger charge is 2.40. The normalized spacial score (nSPS) is 20.8. The molecule has 0 bridgehead atoms. The van der Waals surface area contributed by atoms with Crippen LogP contribution in [0.3, 0.4) is 0 Å². The van der Waals surface area contributed by atoms with Crippen molar-refractivity contribution in [3.8, 4) is 0 Å². The number of rotatable bonds is 1. The van der Waals surface area contributed by atoms with Crippen LogP contribution >= 0.6 is 0 Å². The minimum absolute atomic E-state index is 0.0825. The third kappa shape index (κ3) is 1.82. The number of aromatic nitrogens is 2. The summed E-state index contributed by atoms with van der Waals surface area (Å²) in [5.74, 6) is 0. The van der Waals surface area contributed by atoms with Gasteiger partial charge in [0.25, 0.3) is 0 Å². The van der Waals surface area contributed by atoms with E-state index in [1.807, 2.05) is 0 Å². The van der Waals surface area contributed by atoms with Crippen LogP contribution in [0.1, 0.15) is 17.3 Å². The molecule has 2 heterocycles. The molecule has 1 aromatic heterocycles. The molecule has 1 fully saturated rings. The smallest absolute Gasteiger partial charge is 0.435 e. The van der Waals surface area contributed by atoms with Gasteiger partial charge in [0.15, 0.2) is 5.69 Å². The largest absolute Gasteiger partial charge is 0.447 e. The lowest BCUT2D eigenvalue weighted by Gasteiger charge is -2.09. The summed E-state index contributed by atoms with van der Waals surface area (Å²) in [5.41, 5.74) is -1.08. The van der Waals surface area contributed by atoms with Crippen molar-refractivity contribution in [3.05, 3.63) is 17.5 Å². The van der Waals surface area contributed by atoms with Gasteiger partial charge in [0, 0.05) is 18.8 Å². The van der Waals surface area contributed by atoms with Crippen molar-refractivity contribution in [2.75, 3.05) is 6.61 Å². The Kier molecular flexibility index (Phi) is 2.28. The van der Waals surface area contributed by atoms with Gasteiger partial charge in [0.2, 0.25) is 0 Å². The Balaban J connectivity index is 2.37. The number of aryl methyl sites for hydroxylation is 1. The average molecular weight is 235 g/mol. The molecule has 0 aliphatic carbocycles. The van der Waals surface area contributed by atoms with E-state index < -0.39 is 24.0 Å². The minimum atomic E-state index is -4.54. The molecule has 1 N–H and O–H groups in total. The van der Waals surface area contributed by atoms with E-state index in [4.69, 9.17) is 0 Å². The summed E-state index contributed by atoms with van der Waals surface area (Å²) >= 11 is 0. The predicted octanol–water partition coefficient (Wildman–Crippen LogP) is 1.22. The molecule has 0 aromatic carbocycles. The molecule has 1 amide bonds. The fraction of sp³-hybridized carbons (Fsp3) is 0.500. The number of alkyl carbamates (subject to hydrolysis) is 1. The average Bonchev–Trinajstić information content (AvgIpc) is 2.70. The standard InChI is InChI=1S/C8H8F3N3O2/c1-14-2-4(5-3-16-7(15)12-5)6(13-14)8(9,10)11/h2,5H,3H2,1H3,(H,12,15). The molecule has 2 rings (SSSR count). The van der Waals surface area contributed by atoms with Crippen molar-refractivity contribution in [1.82, 2.24) is 15.1 Å². The Morgan fingerprint density at radius 1 is 1.62 bits per heavy atom. The van der Waals surface area contributed by atoms with E-state index in [9.17, 15) is 18.0 Å². The van der Waals surface area contributed by atoms with Gasteiger partial charge in [0.1, 0.15) is 6.61 Å². The number of hydrogen-bond acceptors (Lipinski definition) is 3. The summed E-state index contributed by atoms with van der Waals surface area (Å²) in [5, 5.41) is 5.62. The van der Waals surface area contributed by atoms with E-state index in [0.29, 0.717) is 0 Å². The number of nitrogens with zero attached hydrogens (tertiary/aromatic N) is 2. The number of alkyl halides is 3. The topological polar surface area (TPSA) is 56.1 Å². The van der Waals surface area contributed by atoms with Gasteiger partial charge in [-0.3, -0.25) is 4.68 Å². The molecule has 0 radical (unpaired) electrons. The first-order valence-corrected chi connectivity index (χ1v) is 4.42. The highest BCUT2D eigenvalue weighted by atomic mass is 19.4. The van der Waals surface area contributed by atoms with Gasteiger partial charge in [-0.1, -0.05) is 0 Å². The maximum Gasteiger partial charge on any atom is 0.435 e. The van der Waals surface area contributed by atoms with E-state index in [2.05, 4.69) is 15.2 Å². The first kappa shape index (κ1) is 10.8. The van der Waals surface area contributed by atoms with Crippen molar-refractivity contribution < 1.29 is 22.7 Å². The Morgan fingerprint density at radius 2 is 2.31 bits per heavy atom. The Bertz CT molecular complexity index is 427. The fourth-order valence-electron chi connectivity index (χ4n) is 1.53. The van der Waals surface area contributed by atoms with E-state index in [1.165, 1.54) is 13.2 Å². The molecular weight excluding hydrogens is 227 g/mol. The van der Waals surface area contributed by atoms with Gasteiger partial charge in [-0.05, 0) is 0 Å². The lowest BCUT2D eigenvalue weighted by atomic mass is 10.1. The highest BCUT2D eigenvalue weighted by Crippen LogP contribution is 2.34. The summed E-state index contributed by atoms with van der Waals surface area (Å²) < 4.78 is 43.3. The van der Waals surface area contributed by atoms with E-state index in [1.54, 1.807) is 0 Å². The van der Waals surface area contributed by atoms with Crippen LogP contribution in [0.2, 0.25) is 0 Å². The summed E-state index contributed by atoms with van der Waals surface area (Å²) in [7, 11) is 1.39. The molecular formula is C8H8F3N3O2. The quantitative estimate of drug-likeness (QED) is 0.796. The lowest BCUT2D eigenvalue weighted by molar-refractivity contribution is -0.142. The molecule has 0 spiro atoms. The number of cyclic esters (lactones) is 1. The zero-order valence-corrected chi connectivity index (χ0v) is 8.21. The van der Waals surface area contributed by atoms with E-state index in [0.717, 1.165) is 4.68 Å². The summed E-state index contributed by atoms with van der Waals surface area (Å²) in [6.07, 6.45) is -4.03. The molecule has 16 heavy (non-hydrogen) atoms. The molecule has 1 atom stereocenters. The number of halogens is 3. The summed E-state index contributed by atoms with van der Waals surface area (Å²) in [4.78, 5) is 10.8. The molecule has 5 nitrogen and oxygen atoms in total. The minimum Gasteiger partial charge on any atom is -0.447 e. The van der Waals surface area contributed by atoms with Crippen LogP contribution in [0.25, 0.3) is 0 Å². The molecule has 88 valence electrons. The maximum atomic E-state index is 12.6. The fourth-order valence-corrected chi connectivity index (χ4v) is 1.53. The van der Waals surface area contributed by atoms with Gasteiger partial charge in [-0.15, -0.1) is 0 Å². The van der Waals surface area contributed by atoms with Crippen LogP contribution in [0, 0.1) is 0 Å². The number of ether oxygens (including phenoxy) is 1. The number of carbonyl (C=O) groups is 1. The monoisotopic (exact) mass is 235 g/mol. The van der Waals surface area contributed by atoms with Gasteiger partial charge < -0.3 is 10.1 Å². The second-order valence-electron chi connectivity index (χ2n) is 3.40. The third-order valence-corrected chi connectivity index (χ3v) is 2.17. The van der Waals surface area contributed by atoms with Crippen molar-refractivity contribution in [3.63, 3.8) is 0 Å². The second-order valence-corrected chi connectivity index (χ2v) is 3.40. The van der Waals surface area contributed by atoms with Gasteiger partial charge >= 0.3 is 12.3 Å². The number of hydrogen-bond donors (Lipinski definition) is 1. The molecule has 1 unspecified atom stereocenters. The van der Waals surface area contributed by atoms with Crippen LogP contribution < -0.4 is 5.32 Å². The molecule has 1 aliphatic heterocycles. The highest BCUT2D eigenvalue weighted by molar-refractivity contribution is 5.70. The molecule has 0 saturated carbocycles. The van der Waals surface area contributed by atoms with Crippen LogP contribution in [-0.2, 0) is 18.0 Å². The molecule has 1 saturated heterocycles. The number of amides is 1. The second kappa shape index (κ2) is 3.39. The predicted molar refractivity (Wildman–Crippen MR) is 45.4 cm³/mol. The SMILES string of the molecule is Cn1cc(C2COC(=O)N2)c(C(F)(F)F)n1. The van der Waals surface area contributed by atoms with Crippen molar-refractivity contribution >= 4 is 6.09 Å². The zero-order chi connectivity index (χ0) is 11.9. The number of nitrogens with one attached hydrogen (secondary N) is 1. The maximum absolute atomic E-state index is 12.6. The van der Waals surface area contributed by atoms with Crippen molar-refractivity contribution in [2.24, 2.45) is 7.05 Å². The molecule has 1 aromatic rings. The summed E-state index contributed by atoms with van der Waals surface area (Å²) in [6, 6.07) is -0.794. The van der Waals surface area contributed by atoms with Gasteiger partial charge in [-0.25, -0.2) is 4.79 Å². The van der Waals surface area contributed by atoms with Gasteiger partial charge in [0.05, 0.1) is 6.04 Å². The molecule has 8 heteroatoms. The van der Waals surface area contributed by atoms with Crippen LogP contribution in [0.5, 0.6) is 0 Å². The summed E-state index contributed by atoms with van der Waals surface area (Å²) in [6.45, 7) is -0.117. The van der Waals surface area contributed by atoms with Gasteiger partial charge in [-0.2, -0.15) is 18.3 Å². The first-order valence-electron chi connectivity index (χ1n) is 4.42. The Hall–Kier alpha value is -1.73. The van der Waals surface area contributed by atoms with Crippen LogP contribution in [-0.4, -0.2) is 22.5 Å². The molecule has 1 aliphatic rings. The third-order valence-electron chi connectivity index (χ3n) is 2.17. The Morgan fingerprint density at radius 3 is 2.81 bits per heavy atom. The van der Waals surface area contributed by atoms with Crippen LogP contribution in [0.4, 0.5) is 18.0 Å².